The van der Waals surface area contributed by atoms with Crippen LogP contribution < -0.4 is 31.2 Å². The van der Waals surface area contributed by atoms with Gasteiger partial charge in [0.2, 0.25) is 5.52 Å². The SMILES string of the molecule is Fc1c(F)c(F)c([B-](c2c(F)c(F)c(F)c(F)c2F)(c2c(F)c(F)c(F)c(F)c2F)c2c(F)c(F)c(F)c(F)c2F)c(F)c1F.Sc1ccccc1Oc1ccc2ccccc2[n+]1Cc1ccccc1. The Kier molecular flexibility index (Phi) is 13.9. The molecule has 362 valence electrons. The Hall–Kier alpha value is -7.24. The van der Waals surface area contributed by atoms with Gasteiger partial charge in [-0.3, -0.25) is 0 Å². The summed E-state index contributed by atoms with van der Waals surface area (Å²) in [7, 11) is 0. The number of benzene rings is 7. The minimum absolute atomic E-state index is 0.742. The number of rotatable bonds is 8. The summed E-state index contributed by atoms with van der Waals surface area (Å²) in [4.78, 5) is 0.821. The van der Waals surface area contributed by atoms with E-state index in [2.05, 4.69) is 71.8 Å². The monoisotopic (exact) mass is 1020 g/mol. The number of pyridine rings is 1. The van der Waals surface area contributed by atoms with Gasteiger partial charge in [0.05, 0.1) is 6.07 Å². The van der Waals surface area contributed by atoms with Gasteiger partial charge in [-0.15, -0.1) is 34.5 Å². The summed E-state index contributed by atoms with van der Waals surface area (Å²) >= 11 is 4.50. The average Bonchev–Trinajstić information content (AvgIpc) is 3.35. The zero-order valence-electron chi connectivity index (χ0n) is 33.8. The van der Waals surface area contributed by atoms with Crippen LogP contribution in [0.3, 0.4) is 0 Å². The minimum Gasteiger partial charge on any atom is -0.404 e. The molecular weight excluding hydrogens is 1010 g/mol. The highest BCUT2D eigenvalue weighted by Gasteiger charge is 2.52. The number of para-hydroxylation sites is 2. The van der Waals surface area contributed by atoms with Crippen molar-refractivity contribution in [2.45, 2.75) is 11.4 Å². The fourth-order valence-electron chi connectivity index (χ4n) is 7.79. The molecule has 0 N–H and O–H groups in total. The summed E-state index contributed by atoms with van der Waals surface area (Å²) in [6.07, 6.45) is -7.22. The molecule has 0 fully saturated rings. The van der Waals surface area contributed by atoms with Crippen molar-refractivity contribution in [2.75, 3.05) is 0 Å². The van der Waals surface area contributed by atoms with Gasteiger partial charge in [-0.25, -0.2) is 87.8 Å². The van der Waals surface area contributed by atoms with E-state index in [1.54, 1.807) is 0 Å². The van der Waals surface area contributed by atoms with Crippen LogP contribution in [0.15, 0.2) is 95.9 Å². The molecule has 0 aliphatic rings. The molecule has 0 amide bonds. The van der Waals surface area contributed by atoms with Gasteiger partial charge in [-0.2, -0.15) is 4.57 Å². The number of nitrogens with zero attached hydrogens (tertiary/aromatic N) is 1. The molecule has 0 spiro atoms. The average molecular weight is 1020 g/mol. The quantitative estimate of drug-likeness (QED) is 0.0400. The van der Waals surface area contributed by atoms with Crippen LogP contribution in [0.5, 0.6) is 11.6 Å². The van der Waals surface area contributed by atoms with E-state index in [0.717, 1.165) is 28.6 Å². The molecule has 2 nitrogen and oxygen atoms in total. The van der Waals surface area contributed by atoms with Crippen molar-refractivity contribution in [1.82, 2.24) is 0 Å². The fraction of sp³-hybridized carbons (Fsp3) is 0.0217. The van der Waals surface area contributed by atoms with E-state index in [9.17, 15) is 52.7 Å². The van der Waals surface area contributed by atoms with E-state index in [0.29, 0.717) is 0 Å². The zero-order valence-corrected chi connectivity index (χ0v) is 34.7. The smallest absolute Gasteiger partial charge is 0.374 e. The van der Waals surface area contributed by atoms with Gasteiger partial charge < -0.3 is 4.74 Å². The lowest BCUT2D eigenvalue weighted by atomic mass is 9.12. The van der Waals surface area contributed by atoms with Gasteiger partial charge in [-0.1, -0.05) is 54.6 Å². The lowest BCUT2D eigenvalue weighted by Gasteiger charge is -2.44. The van der Waals surface area contributed by atoms with Crippen LogP contribution in [0.4, 0.5) is 87.8 Å². The largest absolute Gasteiger partial charge is 0.404 e. The first-order chi connectivity index (χ1) is 33.0. The van der Waals surface area contributed by atoms with Crippen LogP contribution >= 0.6 is 12.6 Å². The van der Waals surface area contributed by atoms with Crippen molar-refractivity contribution in [3.05, 3.63) is 213 Å². The molecule has 7 aromatic carbocycles. The first-order valence-corrected chi connectivity index (χ1v) is 19.6. The Bertz CT molecular complexity index is 3030. The van der Waals surface area contributed by atoms with Crippen LogP contribution in [0.1, 0.15) is 5.56 Å². The predicted molar refractivity (Wildman–Crippen MR) is 213 cm³/mol. The predicted octanol–water partition coefficient (Wildman–Crippen LogP) is 11.1. The van der Waals surface area contributed by atoms with Gasteiger partial charge in [0, 0.05) is 21.9 Å². The Morgan fingerprint density at radius 1 is 0.343 bits per heavy atom. The third kappa shape index (κ3) is 8.09. The molecule has 0 aliphatic heterocycles. The molecule has 8 rings (SSSR count). The molecule has 1 heterocycles. The van der Waals surface area contributed by atoms with Crippen molar-refractivity contribution >= 4 is 51.5 Å². The Morgan fingerprint density at radius 3 is 1.03 bits per heavy atom. The molecule has 1 aromatic heterocycles. The van der Waals surface area contributed by atoms with E-state index < -0.39 is 144 Å². The summed E-state index contributed by atoms with van der Waals surface area (Å²) in [6, 6.07) is 30.6. The third-order valence-electron chi connectivity index (χ3n) is 10.9. The number of aromatic nitrogens is 1. The highest BCUT2D eigenvalue weighted by atomic mass is 32.1. The summed E-state index contributed by atoms with van der Waals surface area (Å²) in [5, 5.41) is 1.19. The molecule has 0 saturated carbocycles. The van der Waals surface area contributed by atoms with E-state index in [1.807, 2.05) is 36.4 Å². The topological polar surface area (TPSA) is 13.1 Å². The number of thiol groups is 1. The first kappa shape index (κ1) is 50.6. The second-order valence-corrected chi connectivity index (χ2v) is 15.2. The standard InChI is InChI=1S/C24BF20.C22H17NOS/c26-5-1(6(27)14(35)21(42)13(5)34)25(2-7(28)15(36)22(43)16(37)8(2)29,3-9(30)17(38)23(44)18(39)10(3)31)4-11(32)19(40)24(45)20(41)12(4)33;25-21-13-7-6-12-20(21)24-22-15-14-18-10-4-5-11-19(18)23(22)16-17-8-2-1-3-9-17/h;1-15H,16H2/q-1;/p+1. The van der Waals surface area contributed by atoms with Crippen molar-refractivity contribution in [2.24, 2.45) is 0 Å². The molecular formula is C46H18BF20NOS. The molecule has 24 heteroatoms. The first-order valence-electron chi connectivity index (χ1n) is 19.2. The second-order valence-electron chi connectivity index (χ2n) is 14.7. The van der Waals surface area contributed by atoms with Gasteiger partial charge in [0.25, 0.3) is 0 Å². The Labute approximate surface area is 383 Å². The zero-order chi connectivity index (χ0) is 51.4. The molecule has 0 unspecified atom stereocenters. The molecule has 0 bridgehead atoms. The molecule has 70 heavy (non-hydrogen) atoms. The third-order valence-corrected chi connectivity index (χ3v) is 11.2. The van der Waals surface area contributed by atoms with Crippen LogP contribution in [-0.2, 0) is 6.54 Å². The number of halogens is 20. The van der Waals surface area contributed by atoms with Crippen LogP contribution in [-0.4, -0.2) is 6.15 Å². The summed E-state index contributed by atoms with van der Waals surface area (Å²) in [5.74, 6) is -69.9. The highest BCUT2D eigenvalue weighted by molar-refractivity contribution is 7.80. The van der Waals surface area contributed by atoms with E-state index in [1.165, 1.54) is 10.9 Å². The summed E-state index contributed by atoms with van der Waals surface area (Å²) < 4.78 is 302. The number of fused-ring (bicyclic) bond motifs is 1. The highest BCUT2D eigenvalue weighted by Crippen LogP contribution is 2.32. The molecule has 0 atom stereocenters. The van der Waals surface area contributed by atoms with Crippen molar-refractivity contribution in [1.29, 1.82) is 0 Å². The van der Waals surface area contributed by atoms with Crippen molar-refractivity contribution in [3.63, 3.8) is 0 Å². The number of ether oxygens (including phenoxy) is 1. The maximum atomic E-state index is 15.4. The minimum atomic E-state index is -7.22. The maximum Gasteiger partial charge on any atom is 0.374 e. The van der Waals surface area contributed by atoms with Crippen LogP contribution in [0.2, 0.25) is 0 Å². The van der Waals surface area contributed by atoms with Crippen molar-refractivity contribution in [3.8, 4) is 11.6 Å². The van der Waals surface area contributed by atoms with Crippen LogP contribution in [0, 0.1) is 116 Å². The molecule has 0 radical (unpaired) electrons. The van der Waals surface area contributed by atoms with Gasteiger partial charge in [0.1, 0.15) is 58.4 Å². The van der Waals surface area contributed by atoms with E-state index in [4.69, 9.17) is 4.74 Å². The summed E-state index contributed by atoms with van der Waals surface area (Å²) in [6.45, 7) is 0.742. The van der Waals surface area contributed by atoms with E-state index in [-0.39, 0.29) is 0 Å². The maximum absolute atomic E-state index is 15.4. The van der Waals surface area contributed by atoms with Crippen LogP contribution in [0.25, 0.3) is 10.9 Å². The Morgan fingerprint density at radius 2 is 0.657 bits per heavy atom. The Balaban J connectivity index is 0.000000242. The molecule has 0 aliphatic carbocycles. The summed E-state index contributed by atoms with van der Waals surface area (Å²) in [5.41, 5.74) is -12.0. The lowest BCUT2D eigenvalue weighted by Crippen LogP contribution is -2.81. The van der Waals surface area contributed by atoms with Gasteiger partial charge in [0.15, 0.2) is 76.4 Å². The molecule has 0 saturated heterocycles. The van der Waals surface area contributed by atoms with Gasteiger partial charge in [-0.05, 0) is 24.3 Å². The van der Waals surface area contributed by atoms with Gasteiger partial charge >= 0.3 is 5.88 Å². The number of hydrogen-bond donors (Lipinski definition) is 1. The normalized spacial score (nSPS) is 11.6. The number of hydrogen-bond acceptors (Lipinski definition) is 2. The molecule has 8 aromatic rings. The second kappa shape index (κ2) is 19.3. The lowest BCUT2D eigenvalue weighted by molar-refractivity contribution is -0.666. The van der Waals surface area contributed by atoms with E-state index >= 15 is 35.1 Å². The fourth-order valence-corrected chi connectivity index (χ4v) is 8.00. The van der Waals surface area contributed by atoms with Crippen molar-refractivity contribution < 1.29 is 97.1 Å².